The van der Waals surface area contributed by atoms with Gasteiger partial charge in [-0.05, 0) is 43.8 Å². The molecule has 1 atom stereocenters. The summed E-state index contributed by atoms with van der Waals surface area (Å²) in [6, 6.07) is 13.5. The maximum atomic E-state index is 12.8. The lowest BCUT2D eigenvalue weighted by molar-refractivity contribution is -0.139. The van der Waals surface area contributed by atoms with E-state index in [2.05, 4.69) is 0 Å². The van der Waals surface area contributed by atoms with Crippen LogP contribution in [0, 0.1) is 0 Å². The van der Waals surface area contributed by atoms with Crippen LogP contribution >= 0.6 is 11.6 Å². The van der Waals surface area contributed by atoms with E-state index in [1.165, 1.54) is 4.31 Å². The van der Waals surface area contributed by atoms with Gasteiger partial charge in [0.05, 0.1) is 4.90 Å². The molecule has 1 aliphatic heterocycles. The number of rotatable bonds is 8. The van der Waals surface area contributed by atoms with Gasteiger partial charge in [0.15, 0.2) is 6.61 Å². The third-order valence-electron chi connectivity index (χ3n) is 4.92. The summed E-state index contributed by atoms with van der Waals surface area (Å²) in [4.78, 5) is 13.1. The van der Waals surface area contributed by atoms with Crippen molar-refractivity contribution in [2.45, 2.75) is 23.9 Å². The van der Waals surface area contributed by atoms with E-state index in [1.807, 2.05) is 11.9 Å². The Bertz CT molecular complexity index is 968. The molecule has 1 unspecified atom stereocenters. The Morgan fingerprint density at radius 1 is 1.28 bits per heavy atom. The highest BCUT2D eigenvalue weighted by atomic mass is 35.5. The standard InChI is InChI=1S/C20H23ClN2O5S/c1-22(12-15-11-16(21)7-8-19(15)28-14-20(24)25)17-9-10-23(13-17)29(26,27)18-5-3-2-4-6-18/h2-8,11,17H,9-10,12-14H2,1H3,(H,24,25). The van der Waals surface area contributed by atoms with E-state index in [9.17, 15) is 13.2 Å². The summed E-state index contributed by atoms with van der Waals surface area (Å²) in [6.45, 7) is 0.855. The summed E-state index contributed by atoms with van der Waals surface area (Å²) in [5.74, 6) is -0.604. The van der Waals surface area contributed by atoms with Gasteiger partial charge in [-0.25, -0.2) is 13.2 Å². The Labute approximate surface area is 175 Å². The molecule has 0 spiro atoms. The van der Waals surface area contributed by atoms with Crippen molar-refractivity contribution in [3.8, 4) is 5.75 Å². The van der Waals surface area contributed by atoms with E-state index in [4.69, 9.17) is 21.4 Å². The van der Waals surface area contributed by atoms with Crippen molar-refractivity contribution in [3.63, 3.8) is 0 Å². The molecule has 1 N–H and O–H groups in total. The molecular formula is C20H23ClN2O5S. The fraction of sp³-hybridized carbons (Fsp3) is 0.350. The maximum Gasteiger partial charge on any atom is 0.341 e. The summed E-state index contributed by atoms with van der Waals surface area (Å²) in [5, 5.41) is 9.37. The molecule has 7 nitrogen and oxygen atoms in total. The van der Waals surface area contributed by atoms with E-state index < -0.39 is 22.6 Å². The van der Waals surface area contributed by atoms with Crippen LogP contribution in [0.2, 0.25) is 5.02 Å². The number of benzene rings is 2. The lowest BCUT2D eigenvalue weighted by atomic mass is 10.1. The molecule has 0 aromatic heterocycles. The average molecular weight is 439 g/mol. The first-order valence-electron chi connectivity index (χ1n) is 9.16. The Hall–Kier alpha value is -2.13. The Morgan fingerprint density at radius 2 is 2.00 bits per heavy atom. The van der Waals surface area contributed by atoms with Crippen LogP contribution in [-0.2, 0) is 21.4 Å². The molecule has 156 valence electrons. The molecular weight excluding hydrogens is 416 g/mol. The molecule has 29 heavy (non-hydrogen) atoms. The van der Waals surface area contributed by atoms with Gasteiger partial charge in [0.1, 0.15) is 5.75 Å². The fourth-order valence-electron chi connectivity index (χ4n) is 3.38. The van der Waals surface area contributed by atoms with Gasteiger partial charge < -0.3 is 9.84 Å². The molecule has 0 saturated carbocycles. The van der Waals surface area contributed by atoms with Crippen molar-refractivity contribution in [1.82, 2.24) is 9.21 Å². The minimum Gasteiger partial charge on any atom is -0.482 e. The summed E-state index contributed by atoms with van der Waals surface area (Å²) in [7, 11) is -1.61. The van der Waals surface area contributed by atoms with Gasteiger partial charge in [-0.1, -0.05) is 29.8 Å². The van der Waals surface area contributed by atoms with Crippen LogP contribution in [0.1, 0.15) is 12.0 Å². The number of hydrogen-bond acceptors (Lipinski definition) is 5. The largest absolute Gasteiger partial charge is 0.482 e. The highest BCUT2D eigenvalue weighted by molar-refractivity contribution is 7.89. The minimum absolute atomic E-state index is 0.0276. The summed E-state index contributed by atoms with van der Waals surface area (Å²) in [5.41, 5.74) is 0.755. The van der Waals surface area contributed by atoms with E-state index >= 15 is 0 Å². The Balaban J connectivity index is 1.69. The quantitative estimate of drug-likeness (QED) is 0.681. The average Bonchev–Trinajstić information content (AvgIpc) is 3.19. The van der Waals surface area contributed by atoms with Gasteiger partial charge >= 0.3 is 5.97 Å². The number of carboxylic acids is 1. The third kappa shape index (κ3) is 5.27. The predicted octanol–water partition coefficient (Wildman–Crippen LogP) is 2.70. The second-order valence-corrected chi connectivity index (χ2v) is 9.34. The summed E-state index contributed by atoms with van der Waals surface area (Å²) >= 11 is 6.10. The summed E-state index contributed by atoms with van der Waals surface area (Å²) < 4.78 is 32.5. The fourth-order valence-corrected chi connectivity index (χ4v) is 5.09. The van der Waals surface area contributed by atoms with Crippen molar-refractivity contribution >= 4 is 27.6 Å². The molecule has 1 heterocycles. The van der Waals surface area contributed by atoms with Crippen LogP contribution in [0.25, 0.3) is 0 Å². The second-order valence-electron chi connectivity index (χ2n) is 6.97. The number of hydrogen-bond donors (Lipinski definition) is 1. The topological polar surface area (TPSA) is 87.2 Å². The number of carbonyl (C=O) groups is 1. The smallest absolute Gasteiger partial charge is 0.341 e. The van der Waals surface area contributed by atoms with Crippen LogP contribution in [0.15, 0.2) is 53.4 Å². The second kappa shape index (κ2) is 9.13. The van der Waals surface area contributed by atoms with E-state index in [1.54, 1.807) is 48.5 Å². The van der Waals surface area contributed by atoms with Gasteiger partial charge in [-0.15, -0.1) is 0 Å². The number of nitrogens with zero attached hydrogens (tertiary/aromatic N) is 2. The van der Waals surface area contributed by atoms with E-state index in [-0.39, 0.29) is 6.04 Å². The molecule has 2 aromatic carbocycles. The highest BCUT2D eigenvalue weighted by Crippen LogP contribution is 2.27. The number of sulfonamides is 1. The van der Waals surface area contributed by atoms with Gasteiger partial charge in [0.25, 0.3) is 0 Å². The monoisotopic (exact) mass is 438 g/mol. The first-order chi connectivity index (χ1) is 13.8. The molecule has 0 bridgehead atoms. The third-order valence-corrected chi connectivity index (χ3v) is 7.04. The van der Waals surface area contributed by atoms with Gasteiger partial charge in [-0.3, -0.25) is 4.90 Å². The molecule has 1 fully saturated rings. The molecule has 1 aliphatic rings. The summed E-state index contributed by atoms with van der Waals surface area (Å²) in [6.07, 6.45) is 0.703. The molecule has 1 saturated heterocycles. The van der Waals surface area contributed by atoms with Crippen LogP contribution in [0.5, 0.6) is 5.75 Å². The molecule has 9 heteroatoms. The number of ether oxygens (including phenoxy) is 1. The van der Waals surface area contributed by atoms with Crippen molar-refractivity contribution in [2.75, 3.05) is 26.7 Å². The first-order valence-corrected chi connectivity index (χ1v) is 11.0. The zero-order valence-corrected chi connectivity index (χ0v) is 17.6. The van der Waals surface area contributed by atoms with Crippen molar-refractivity contribution in [1.29, 1.82) is 0 Å². The number of likely N-dealkylation sites (N-methyl/N-ethyl adjacent to an activating group) is 1. The maximum absolute atomic E-state index is 12.8. The number of aliphatic carboxylic acids is 1. The minimum atomic E-state index is -3.52. The number of carboxylic acid groups (broad SMARTS) is 1. The van der Waals surface area contributed by atoms with E-state index in [0.29, 0.717) is 41.7 Å². The lowest BCUT2D eigenvalue weighted by Crippen LogP contribution is -2.36. The van der Waals surface area contributed by atoms with Crippen molar-refractivity contribution < 1.29 is 23.1 Å². The molecule has 0 amide bonds. The van der Waals surface area contributed by atoms with Gasteiger partial charge in [-0.2, -0.15) is 4.31 Å². The van der Waals surface area contributed by atoms with Crippen molar-refractivity contribution in [2.24, 2.45) is 0 Å². The van der Waals surface area contributed by atoms with Crippen LogP contribution in [-0.4, -0.2) is 61.5 Å². The van der Waals surface area contributed by atoms with Crippen LogP contribution in [0.3, 0.4) is 0 Å². The Morgan fingerprint density at radius 3 is 2.69 bits per heavy atom. The van der Waals surface area contributed by atoms with Gasteiger partial charge in [0.2, 0.25) is 10.0 Å². The Kier molecular flexibility index (Phi) is 6.79. The van der Waals surface area contributed by atoms with Gasteiger partial charge in [0, 0.05) is 36.3 Å². The van der Waals surface area contributed by atoms with E-state index in [0.717, 1.165) is 5.56 Å². The predicted molar refractivity (Wildman–Crippen MR) is 110 cm³/mol. The zero-order chi connectivity index (χ0) is 21.0. The number of halogens is 1. The zero-order valence-electron chi connectivity index (χ0n) is 16.0. The molecule has 2 aromatic rings. The van der Waals surface area contributed by atoms with Crippen LogP contribution in [0.4, 0.5) is 0 Å². The molecule has 3 rings (SSSR count). The van der Waals surface area contributed by atoms with Crippen molar-refractivity contribution in [3.05, 3.63) is 59.1 Å². The highest BCUT2D eigenvalue weighted by Gasteiger charge is 2.34. The normalized spacial score (nSPS) is 17.6. The lowest BCUT2D eigenvalue weighted by Gasteiger charge is -2.25. The van der Waals surface area contributed by atoms with Crippen LogP contribution < -0.4 is 4.74 Å². The first kappa shape index (κ1) is 21.6. The SMILES string of the molecule is CN(Cc1cc(Cl)ccc1OCC(=O)O)C1CCN(S(=O)(=O)c2ccccc2)C1. The molecule has 0 radical (unpaired) electrons. The molecule has 0 aliphatic carbocycles.